The zero-order valence-corrected chi connectivity index (χ0v) is 11.9. The highest BCUT2D eigenvalue weighted by atomic mass is 15.5. The predicted molar refractivity (Wildman–Crippen MR) is 79.9 cm³/mol. The van der Waals surface area contributed by atoms with Crippen LogP contribution in [-0.4, -0.2) is 24.8 Å². The van der Waals surface area contributed by atoms with Gasteiger partial charge in [0.05, 0.1) is 23.6 Å². The minimum atomic E-state index is -0.323. The molecule has 21 heavy (non-hydrogen) atoms. The smallest absolute Gasteiger partial charge is 0.106 e. The Morgan fingerprint density at radius 2 is 1.95 bits per heavy atom. The van der Waals surface area contributed by atoms with Crippen LogP contribution in [0.15, 0.2) is 48.8 Å². The van der Waals surface area contributed by atoms with Gasteiger partial charge in [-0.3, -0.25) is 4.68 Å². The number of aryl methyl sites for hydroxylation is 1. The average molecular weight is 282 g/mol. The van der Waals surface area contributed by atoms with Gasteiger partial charge in [0.15, 0.2) is 0 Å². The number of hydrogen-bond acceptors (Lipinski definition) is 4. The fraction of sp³-hybridized carbons (Fsp3) is 0.267. The molecule has 0 bridgehead atoms. The molecule has 0 aliphatic carbocycles. The van der Waals surface area contributed by atoms with Crippen molar-refractivity contribution in [2.75, 3.05) is 0 Å². The molecule has 0 saturated heterocycles. The van der Waals surface area contributed by atoms with Crippen molar-refractivity contribution in [1.82, 2.24) is 24.8 Å². The lowest BCUT2D eigenvalue weighted by molar-refractivity contribution is 0.555. The molecule has 2 N–H and O–H groups in total. The molecular weight excluding hydrogens is 264 g/mol. The van der Waals surface area contributed by atoms with Gasteiger partial charge < -0.3 is 5.73 Å². The molecule has 6 nitrogen and oxygen atoms in total. The summed E-state index contributed by atoms with van der Waals surface area (Å²) >= 11 is 0. The summed E-state index contributed by atoms with van der Waals surface area (Å²) in [6, 6.07) is 11.4. The van der Waals surface area contributed by atoms with Gasteiger partial charge in [0.2, 0.25) is 0 Å². The molecule has 1 unspecified atom stereocenters. The van der Waals surface area contributed by atoms with Crippen LogP contribution in [0, 0.1) is 0 Å². The van der Waals surface area contributed by atoms with E-state index in [4.69, 9.17) is 5.73 Å². The van der Waals surface area contributed by atoms with Gasteiger partial charge in [-0.15, -0.1) is 0 Å². The highest BCUT2D eigenvalue weighted by molar-refractivity contribution is 5.29. The lowest BCUT2D eigenvalue weighted by atomic mass is 10.1. The van der Waals surface area contributed by atoms with Crippen molar-refractivity contribution in [2.45, 2.75) is 25.9 Å². The molecule has 0 fully saturated rings. The van der Waals surface area contributed by atoms with Gasteiger partial charge in [-0.2, -0.15) is 20.1 Å². The van der Waals surface area contributed by atoms with E-state index < -0.39 is 0 Å². The third kappa shape index (κ3) is 2.71. The number of para-hydroxylation sites is 1. The normalized spacial score (nSPS) is 12.5. The van der Waals surface area contributed by atoms with E-state index in [-0.39, 0.29) is 6.04 Å². The molecule has 108 valence electrons. The summed E-state index contributed by atoms with van der Waals surface area (Å²) in [7, 11) is 0. The first-order valence-corrected chi connectivity index (χ1v) is 7.04. The van der Waals surface area contributed by atoms with E-state index in [2.05, 4.69) is 22.2 Å². The zero-order chi connectivity index (χ0) is 14.7. The molecule has 0 spiro atoms. The predicted octanol–water partition coefficient (Wildman–Crippen LogP) is 1.92. The molecule has 1 atom stereocenters. The van der Waals surface area contributed by atoms with Crippen LogP contribution in [-0.2, 0) is 6.54 Å². The number of hydrogen-bond donors (Lipinski definition) is 1. The average Bonchev–Trinajstić information content (AvgIpc) is 3.17. The summed E-state index contributed by atoms with van der Waals surface area (Å²) in [5.41, 5.74) is 8.91. The Morgan fingerprint density at radius 3 is 2.71 bits per heavy atom. The second-order valence-corrected chi connectivity index (χ2v) is 4.85. The Hall–Kier alpha value is -2.47. The highest BCUT2D eigenvalue weighted by Gasteiger charge is 2.17. The van der Waals surface area contributed by atoms with Gasteiger partial charge in [0.1, 0.15) is 5.69 Å². The maximum Gasteiger partial charge on any atom is 0.106 e. The van der Waals surface area contributed by atoms with Crippen LogP contribution in [0.2, 0.25) is 0 Å². The van der Waals surface area contributed by atoms with Crippen molar-refractivity contribution in [3.05, 3.63) is 60.2 Å². The molecule has 0 amide bonds. The van der Waals surface area contributed by atoms with Crippen LogP contribution in [0.5, 0.6) is 0 Å². The van der Waals surface area contributed by atoms with Crippen molar-refractivity contribution in [3.63, 3.8) is 0 Å². The van der Waals surface area contributed by atoms with Crippen LogP contribution in [0.25, 0.3) is 5.69 Å². The van der Waals surface area contributed by atoms with E-state index in [1.54, 1.807) is 17.2 Å². The topological polar surface area (TPSA) is 74.6 Å². The Labute approximate surface area is 123 Å². The number of benzene rings is 1. The zero-order valence-electron chi connectivity index (χ0n) is 11.9. The van der Waals surface area contributed by atoms with Gasteiger partial charge in [-0.05, 0) is 24.6 Å². The minimum absolute atomic E-state index is 0.323. The number of nitrogens with zero attached hydrogens (tertiary/aromatic N) is 5. The van der Waals surface area contributed by atoms with Crippen molar-refractivity contribution in [3.8, 4) is 5.69 Å². The second kappa shape index (κ2) is 5.88. The first-order valence-electron chi connectivity index (χ1n) is 7.04. The van der Waals surface area contributed by atoms with E-state index in [0.717, 1.165) is 30.0 Å². The molecule has 0 aliphatic rings. The van der Waals surface area contributed by atoms with E-state index in [1.165, 1.54) is 0 Å². The lowest BCUT2D eigenvalue weighted by Gasteiger charge is -2.11. The molecule has 2 heterocycles. The Morgan fingerprint density at radius 1 is 1.14 bits per heavy atom. The van der Waals surface area contributed by atoms with Gasteiger partial charge in [0.25, 0.3) is 0 Å². The van der Waals surface area contributed by atoms with Crippen LogP contribution >= 0.6 is 0 Å². The summed E-state index contributed by atoms with van der Waals surface area (Å²) in [6.45, 7) is 2.96. The SMILES string of the molecule is CCCn1nccc1C(N)c1cnn(-c2ccccc2)n1. The Bertz CT molecular complexity index is 700. The number of rotatable bonds is 5. The quantitative estimate of drug-likeness (QED) is 0.776. The lowest BCUT2D eigenvalue weighted by Crippen LogP contribution is -2.18. The summed E-state index contributed by atoms with van der Waals surface area (Å²) in [5, 5.41) is 13.1. The van der Waals surface area contributed by atoms with Crippen LogP contribution in [0.3, 0.4) is 0 Å². The van der Waals surface area contributed by atoms with Crippen molar-refractivity contribution in [2.24, 2.45) is 5.73 Å². The van der Waals surface area contributed by atoms with Crippen molar-refractivity contribution < 1.29 is 0 Å². The summed E-state index contributed by atoms with van der Waals surface area (Å²) < 4.78 is 1.92. The fourth-order valence-electron chi connectivity index (χ4n) is 2.26. The number of nitrogens with two attached hydrogens (primary N) is 1. The molecule has 1 aromatic carbocycles. The number of aromatic nitrogens is 5. The standard InChI is InChI=1S/C15H18N6/c1-2-10-20-14(8-9-17-20)15(16)13-11-18-21(19-13)12-6-4-3-5-7-12/h3-9,11,15H,2,10,16H2,1H3. The monoisotopic (exact) mass is 282 g/mol. The van der Waals surface area contributed by atoms with Gasteiger partial charge in [-0.25, -0.2) is 0 Å². The molecule has 0 saturated carbocycles. The molecule has 2 aromatic heterocycles. The van der Waals surface area contributed by atoms with E-state index in [1.807, 2.05) is 41.1 Å². The van der Waals surface area contributed by atoms with E-state index in [0.29, 0.717) is 0 Å². The molecule has 3 rings (SSSR count). The second-order valence-electron chi connectivity index (χ2n) is 4.85. The summed E-state index contributed by atoms with van der Waals surface area (Å²) in [5.74, 6) is 0. The maximum atomic E-state index is 6.31. The van der Waals surface area contributed by atoms with E-state index in [9.17, 15) is 0 Å². The van der Waals surface area contributed by atoms with Crippen molar-refractivity contribution >= 4 is 0 Å². The maximum absolute atomic E-state index is 6.31. The molecule has 6 heteroatoms. The Kier molecular flexibility index (Phi) is 3.79. The van der Waals surface area contributed by atoms with Gasteiger partial charge in [-0.1, -0.05) is 25.1 Å². The highest BCUT2D eigenvalue weighted by Crippen LogP contribution is 2.17. The summed E-state index contributed by atoms with van der Waals surface area (Å²) in [6.07, 6.45) is 4.49. The largest absolute Gasteiger partial charge is 0.318 e. The van der Waals surface area contributed by atoms with Crippen molar-refractivity contribution in [1.29, 1.82) is 0 Å². The van der Waals surface area contributed by atoms with Gasteiger partial charge in [0, 0.05) is 12.7 Å². The van der Waals surface area contributed by atoms with Crippen LogP contribution in [0.1, 0.15) is 30.8 Å². The van der Waals surface area contributed by atoms with Crippen LogP contribution < -0.4 is 5.73 Å². The first-order chi connectivity index (χ1) is 10.3. The van der Waals surface area contributed by atoms with Gasteiger partial charge >= 0.3 is 0 Å². The Balaban J connectivity index is 1.87. The molecular formula is C15H18N6. The first kappa shape index (κ1) is 13.5. The van der Waals surface area contributed by atoms with Crippen LogP contribution in [0.4, 0.5) is 0 Å². The summed E-state index contributed by atoms with van der Waals surface area (Å²) in [4.78, 5) is 1.59. The minimum Gasteiger partial charge on any atom is -0.318 e. The van der Waals surface area contributed by atoms with E-state index >= 15 is 0 Å². The third-order valence-corrected chi connectivity index (χ3v) is 3.32. The fourth-order valence-corrected chi connectivity index (χ4v) is 2.26. The molecule has 3 aromatic rings. The molecule has 0 radical (unpaired) electrons. The third-order valence-electron chi connectivity index (χ3n) is 3.32. The molecule has 0 aliphatic heterocycles.